The van der Waals surface area contributed by atoms with Gasteiger partial charge in [-0.2, -0.15) is 43.7 Å². The monoisotopic (exact) mass is 342 g/mol. The second-order valence-corrected chi connectivity index (χ2v) is 3.87. The number of benzene rings is 1. The molecule has 2 aromatic rings. The van der Waals surface area contributed by atoms with E-state index in [-0.39, 0.29) is 34.1 Å². The minimum Gasteiger partial charge on any atom is -1.00 e. The van der Waals surface area contributed by atoms with Gasteiger partial charge in [0.25, 0.3) is 0 Å². The quantitative estimate of drug-likeness (QED) is 0.603. The Hall–Kier alpha value is -0.246. The van der Waals surface area contributed by atoms with Crippen molar-refractivity contribution in [2.45, 2.75) is 27.7 Å². The molecule has 0 amide bonds. The van der Waals surface area contributed by atoms with E-state index in [0.717, 1.165) is 26.2 Å². The first-order valence-electron chi connectivity index (χ1n) is 7.16. The van der Waals surface area contributed by atoms with Gasteiger partial charge in [0.05, 0.1) is 0 Å². The van der Waals surface area contributed by atoms with Crippen molar-refractivity contribution in [2.24, 2.45) is 0 Å². The molecule has 0 bridgehead atoms. The van der Waals surface area contributed by atoms with Crippen LogP contribution in [0.15, 0.2) is 42.5 Å². The molecule has 0 saturated carbocycles. The molecule has 2 aromatic carbocycles. The van der Waals surface area contributed by atoms with Gasteiger partial charge in [-0.25, -0.2) is 0 Å². The molecule has 2 nitrogen and oxygen atoms in total. The van der Waals surface area contributed by atoms with Crippen LogP contribution in [0.2, 0.25) is 0 Å². The number of halogens is 1. The van der Waals surface area contributed by atoms with Crippen LogP contribution in [0.5, 0.6) is 0 Å². The van der Waals surface area contributed by atoms with E-state index in [1.54, 1.807) is 0 Å². The van der Waals surface area contributed by atoms with Gasteiger partial charge < -0.3 is 23.0 Å². The Morgan fingerprint density at radius 1 is 0.810 bits per heavy atom. The first-order valence-corrected chi connectivity index (χ1v) is 7.16. The van der Waals surface area contributed by atoms with E-state index in [1.807, 2.05) is 27.7 Å². The SMILES string of the molecule is CC[N-]CC.CC[N-]CC.[Cl-].[Ti+4].c1ccc2[cH-]ccc2c1. The Bertz CT molecular complexity index is 364. The summed E-state index contributed by atoms with van der Waals surface area (Å²) in [5.41, 5.74) is 0. The molecule has 0 aliphatic heterocycles. The fourth-order valence-electron chi connectivity index (χ4n) is 1.52. The molecule has 21 heavy (non-hydrogen) atoms. The fourth-order valence-corrected chi connectivity index (χ4v) is 1.52. The maximum Gasteiger partial charge on any atom is 4.00 e. The van der Waals surface area contributed by atoms with E-state index in [9.17, 15) is 0 Å². The van der Waals surface area contributed by atoms with Crippen LogP contribution in [-0.2, 0) is 21.7 Å². The number of fused-ring (bicyclic) bond motifs is 1. The Morgan fingerprint density at radius 2 is 1.29 bits per heavy atom. The predicted octanol–water partition coefficient (Wildman–Crippen LogP) is 2.36. The molecule has 0 atom stereocenters. The van der Waals surface area contributed by atoms with Gasteiger partial charge in [0.15, 0.2) is 0 Å². The molecule has 4 heteroatoms. The van der Waals surface area contributed by atoms with Crippen molar-refractivity contribution in [2.75, 3.05) is 26.2 Å². The summed E-state index contributed by atoms with van der Waals surface area (Å²) < 4.78 is 0. The van der Waals surface area contributed by atoms with Gasteiger partial charge >= 0.3 is 21.7 Å². The number of hydrogen-bond acceptors (Lipinski definition) is 0. The van der Waals surface area contributed by atoms with Crippen LogP contribution in [0.3, 0.4) is 0 Å². The van der Waals surface area contributed by atoms with Gasteiger partial charge in [-0.05, 0) is 0 Å². The number of rotatable bonds is 4. The molecule has 0 aliphatic carbocycles. The molecule has 116 valence electrons. The summed E-state index contributed by atoms with van der Waals surface area (Å²) in [4.78, 5) is 0. The molecule has 0 aliphatic rings. The van der Waals surface area contributed by atoms with Gasteiger partial charge in [-0.1, -0.05) is 33.8 Å². The van der Waals surface area contributed by atoms with Crippen LogP contribution in [0.25, 0.3) is 21.4 Å². The van der Waals surface area contributed by atoms with E-state index in [0.29, 0.717) is 0 Å². The molecule has 0 saturated heterocycles. The Labute approximate surface area is 151 Å². The van der Waals surface area contributed by atoms with E-state index in [4.69, 9.17) is 0 Å². The molecule has 0 fully saturated rings. The van der Waals surface area contributed by atoms with Crippen molar-refractivity contribution < 1.29 is 34.1 Å². The van der Waals surface area contributed by atoms with Crippen molar-refractivity contribution in [3.05, 3.63) is 53.1 Å². The average molecular weight is 343 g/mol. The maximum absolute atomic E-state index is 3.97. The molecule has 2 rings (SSSR count). The average Bonchev–Trinajstić information content (AvgIpc) is 2.90. The zero-order valence-corrected chi connectivity index (χ0v) is 16.0. The van der Waals surface area contributed by atoms with E-state index < -0.39 is 0 Å². The molecule has 0 spiro atoms. The number of nitrogens with zero attached hydrogens (tertiary/aromatic N) is 2. The molecule has 0 unspecified atom stereocenters. The maximum atomic E-state index is 3.97. The summed E-state index contributed by atoms with van der Waals surface area (Å²) in [5.74, 6) is 0. The Balaban J connectivity index is -0.000000240. The third-order valence-electron chi connectivity index (χ3n) is 2.44. The standard InChI is InChI=1S/C9H7.2C4H10N.ClH.Ti/c1-2-5-9-7-3-6-8(9)4-1;2*1-3-5-4-2;;/h1-7H;2*3-4H2,1-2H3;1H;/q3*-1;;+4/p-1. The second kappa shape index (κ2) is 19.8. The Morgan fingerprint density at radius 3 is 1.67 bits per heavy atom. The van der Waals surface area contributed by atoms with Gasteiger partial charge in [0.2, 0.25) is 0 Å². The molecule has 0 aromatic heterocycles. The zero-order valence-electron chi connectivity index (χ0n) is 13.6. The van der Waals surface area contributed by atoms with Crippen LogP contribution < -0.4 is 12.4 Å². The van der Waals surface area contributed by atoms with Crippen molar-refractivity contribution in [1.82, 2.24) is 0 Å². The largest absolute Gasteiger partial charge is 4.00 e. The smallest absolute Gasteiger partial charge is 1.00 e. The van der Waals surface area contributed by atoms with E-state index in [1.165, 1.54) is 10.8 Å². The first-order chi connectivity index (χ1) is 9.29. The van der Waals surface area contributed by atoms with Crippen molar-refractivity contribution in [3.8, 4) is 0 Å². The normalized spacial score (nSPS) is 8.38. The van der Waals surface area contributed by atoms with Gasteiger partial charge in [-0.15, -0.1) is 29.7 Å². The van der Waals surface area contributed by atoms with Crippen LogP contribution >= 0.6 is 0 Å². The minimum absolute atomic E-state index is 0. The first kappa shape index (κ1) is 25.7. The summed E-state index contributed by atoms with van der Waals surface area (Å²) in [7, 11) is 0. The van der Waals surface area contributed by atoms with Crippen molar-refractivity contribution in [1.29, 1.82) is 0 Å². The summed E-state index contributed by atoms with van der Waals surface area (Å²) in [6, 6.07) is 14.7. The summed E-state index contributed by atoms with van der Waals surface area (Å²) in [6.45, 7) is 12.1. The van der Waals surface area contributed by atoms with Crippen LogP contribution in [0.1, 0.15) is 27.7 Å². The zero-order chi connectivity index (χ0) is 14.3. The third kappa shape index (κ3) is 14.5. The molecular formula is C17H27ClN2Ti. The Kier molecular flexibility index (Phi) is 24.2. The van der Waals surface area contributed by atoms with Crippen LogP contribution in [-0.4, -0.2) is 26.2 Å². The molecule has 0 radical (unpaired) electrons. The van der Waals surface area contributed by atoms with Gasteiger partial charge in [0, 0.05) is 0 Å². The second-order valence-electron chi connectivity index (χ2n) is 3.87. The van der Waals surface area contributed by atoms with Gasteiger partial charge in [-0.3, -0.25) is 0 Å². The fraction of sp³-hybridized carbons (Fsp3) is 0.471. The number of hydrogen-bond donors (Lipinski definition) is 0. The third-order valence-corrected chi connectivity index (χ3v) is 2.44. The van der Waals surface area contributed by atoms with Gasteiger partial charge in [0.1, 0.15) is 0 Å². The van der Waals surface area contributed by atoms with E-state index >= 15 is 0 Å². The molecule has 0 N–H and O–H groups in total. The van der Waals surface area contributed by atoms with Crippen molar-refractivity contribution in [3.63, 3.8) is 0 Å². The van der Waals surface area contributed by atoms with Crippen LogP contribution in [0, 0.1) is 0 Å². The summed E-state index contributed by atoms with van der Waals surface area (Å²) in [6.07, 6.45) is 0. The summed E-state index contributed by atoms with van der Waals surface area (Å²) >= 11 is 0. The summed E-state index contributed by atoms with van der Waals surface area (Å²) in [5, 5.41) is 10.6. The van der Waals surface area contributed by atoms with E-state index in [2.05, 4.69) is 53.1 Å². The molecule has 0 heterocycles. The minimum atomic E-state index is 0. The van der Waals surface area contributed by atoms with Crippen LogP contribution in [0.4, 0.5) is 0 Å². The molecular weight excluding hydrogens is 316 g/mol. The predicted molar refractivity (Wildman–Crippen MR) is 88.4 cm³/mol. The topological polar surface area (TPSA) is 28.2 Å². The van der Waals surface area contributed by atoms with Crippen molar-refractivity contribution >= 4 is 10.8 Å².